The van der Waals surface area contributed by atoms with Crippen LogP contribution in [-0.2, 0) is 16.8 Å². The molecule has 0 aliphatic heterocycles. The number of amides is 1. The van der Waals surface area contributed by atoms with Crippen LogP contribution in [0, 0.1) is 0 Å². The molecule has 2 aromatic carbocycles. The third-order valence-electron chi connectivity index (χ3n) is 5.51. The Morgan fingerprint density at radius 3 is 2.78 bits per heavy atom. The molecule has 1 aliphatic rings. The normalized spacial score (nSPS) is 18.1. The maximum Gasteiger partial charge on any atom is 0.269 e. The molecule has 0 fully saturated rings. The van der Waals surface area contributed by atoms with Crippen LogP contribution in [0.5, 0.6) is 0 Å². The molecule has 27 heavy (non-hydrogen) atoms. The topological polar surface area (TPSA) is 64.0 Å². The quantitative estimate of drug-likeness (QED) is 0.778. The molecule has 5 heteroatoms. The fourth-order valence-corrected chi connectivity index (χ4v) is 4.02. The number of aromatic nitrogens is 2. The van der Waals surface area contributed by atoms with Crippen molar-refractivity contribution >= 4 is 16.9 Å². The van der Waals surface area contributed by atoms with Crippen molar-refractivity contribution in [1.82, 2.24) is 14.9 Å². The highest BCUT2D eigenvalue weighted by molar-refractivity contribution is 5.80. The zero-order valence-corrected chi connectivity index (χ0v) is 15.6. The first-order valence-corrected chi connectivity index (χ1v) is 9.29. The molecule has 1 atom stereocenters. The van der Waals surface area contributed by atoms with Gasteiger partial charge in [0.25, 0.3) is 5.56 Å². The van der Waals surface area contributed by atoms with Crippen molar-refractivity contribution in [2.45, 2.75) is 44.7 Å². The van der Waals surface area contributed by atoms with Crippen molar-refractivity contribution < 1.29 is 4.79 Å². The molecule has 138 valence electrons. The van der Waals surface area contributed by atoms with Crippen molar-refractivity contribution in [2.75, 3.05) is 0 Å². The zero-order valence-electron chi connectivity index (χ0n) is 15.6. The first-order valence-electron chi connectivity index (χ1n) is 9.29. The number of carbonyl (C=O) groups is 1. The van der Waals surface area contributed by atoms with E-state index in [-0.39, 0.29) is 29.5 Å². The lowest BCUT2D eigenvalue weighted by Crippen LogP contribution is -2.38. The van der Waals surface area contributed by atoms with E-state index in [1.54, 1.807) is 0 Å². The Morgan fingerprint density at radius 1 is 1.19 bits per heavy atom. The van der Waals surface area contributed by atoms with Gasteiger partial charge in [-0.3, -0.25) is 14.2 Å². The molecule has 0 bridgehead atoms. The number of hydrogen-bond donors (Lipinski definition) is 1. The number of para-hydroxylation sites is 2. The Morgan fingerprint density at radius 2 is 1.93 bits per heavy atom. The van der Waals surface area contributed by atoms with E-state index in [4.69, 9.17) is 0 Å². The van der Waals surface area contributed by atoms with E-state index in [0.717, 1.165) is 12.8 Å². The monoisotopic (exact) mass is 361 g/mol. The molecule has 1 amide bonds. The number of rotatable bonds is 3. The van der Waals surface area contributed by atoms with Gasteiger partial charge in [0.1, 0.15) is 6.54 Å². The number of benzene rings is 2. The molecule has 1 aromatic heterocycles. The first kappa shape index (κ1) is 17.5. The smallest absolute Gasteiger partial charge is 0.269 e. The van der Waals surface area contributed by atoms with Gasteiger partial charge in [-0.2, -0.15) is 0 Å². The Hall–Kier alpha value is -2.95. The number of nitrogens with zero attached hydrogens (tertiary/aromatic N) is 2. The summed E-state index contributed by atoms with van der Waals surface area (Å²) in [4.78, 5) is 29.2. The van der Waals surface area contributed by atoms with E-state index in [2.05, 4.69) is 36.3 Å². The maximum absolute atomic E-state index is 12.8. The number of fused-ring (bicyclic) bond motifs is 2. The standard InChI is InChI=1S/C22H23N3O2/c1-22(2)12-11-17(15-7-3-4-8-16(15)22)24-20(26)14-25-19-10-6-5-9-18(19)23-13-21(25)27/h3-10,13,17H,11-12,14H2,1-2H3,(H,24,26). The van der Waals surface area contributed by atoms with E-state index in [1.165, 1.54) is 21.9 Å². The average molecular weight is 361 g/mol. The van der Waals surface area contributed by atoms with Gasteiger partial charge in [0.05, 0.1) is 23.3 Å². The number of hydrogen-bond acceptors (Lipinski definition) is 3. The Kier molecular flexibility index (Phi) is 4.30. The molecular weight excluding hydrogens is 338 g/mol. The molecule has 0 radical (unpaired) electrons. The van der Waals surface area contributed by atoms with Crippen LogP contribution in [0.4, 0.5) is 0 Å². The van der Waals surface area contributed by atoms with Crippen LogP contribution >= 0.6 is 0 Å². The van der Waals surface area contributed by atoms with Gasteiger partial charge in [-0.15, -0.1) is 0 Å². The van der Waals surface area contributed by atoms with E-state index < -0.39 is 0 Å². The Balaban J connectivity index is 1.60. The van der Waals surface area contributed by atoms with E-state index >= 15 is 0 Å². The highest BCUT2D eigenvalue weighted by Gasteiger charge is 2.32. The fourth-order valence-electron chi connectivity index (χ4n) is 4.02. The van der Waals surface area contributed by atoms with E-state index in [9.17, 15) is 9.59 Å². The molecular formula is C22H23N3O2. The summed E-state index contributed by atoms with van der Waals surface area (Å²) in [6.07, 6.45) is 3.17. The summed E-state index contributed by atoms with van der Waals surface area (Å²) in [6.45, 7) is 4.48. The van der Waals surface area contributed by atoms with Crippen LogP contribution < -0.4 is 10.9 Å². The van der Waals surface area contributed by atoms with Gasteiger partial charge in [0.2, 0.25) is 5.91 Å². The SMILES string of the molecule is CC1(C)CCC(NC(=O)Cn2c(=O)cnc3ccccc32)c2ccccc21. The average Bonchev–Trinajstić information content (AvgIpc) is 2.67. The van der Waals surface area contributed by atoms with Gasteiger partial charge in [0.15, 0.2) is 0 Å². The van der Waals surface area contributed by atoms with E-state index in [1.807, 2.05) is 36.4 Å². The minimum Gasteiger partial charge on any atom is -0.348 e. The first-order chi connectivity index (χ1) is 13.0. The lowest BCUT2D eigenvalue weighted by Gasteiger charge is -2.37. The van der Waals surface area contributed by atoms with Crippen LogP contribution in [0.15, 0.2) is 59.5 Å². The van der Waals surface area contributed by atoms with Crippen LogP contribution in [0.25, 0.3) is 11.0 Å². The number of nitrogens with one attached hydrogen (secondary N) is 1. The van der Waals surface area contributed by atoms with Gasteiger partial charge in [-0.25, -0.2) is 4.98 Å². The highest BCUT2D eigenvalue weighted by atomic mass is 16.2. The van der Waals surface area contributed by atoms with Crippen molar-refractivity contribution in [2.24, 2.45) is 0 Å². The summed E-state index contributed by atoms with van der Waals surface area (Å²) in [5, 5.41) is 3.13. The lowest BCUT2D eigenvalue weighted by atomic mass is 9.71. The third-order valence-corrected chi connectivity index (χ3v) is 5.51. The van der Waals surface area contributed by atoms with Crippen molar-refractivity contribution in [3.05, 3.63) is 76.2 Å². The fraction of sp³-hybridized carbons (Fsp3) is 0.318. The highest BCUT2D eigenvalue weighted by Crippen LogP contribution is 2.41. The predicted molar refractivity (Wildman–Crippen MR) is 106 cm³/mol. The van der Waals surface area contributed by atoms with Gasteiger partial charge in [0, 0.05) is 0 Å². The predicted octanol–water partition coefficient (Wildman–Crippen LogP) is 3.33. The Bertz CT molecular complexity index is 1070. The molecule has 1 unspecified atom stereocenters. The summed E-state index contributed by atoms with van der Waals surface area (Å²) >= 11 is 0. The molecule has 0 spiro atoms. The van der Waals surface area contributed by atoms with Gasteiger partial charge in [-0.1, -0.05) is 50.2 Å². The van der Waals surface area contributed by atoms with Gasteiger partial charge < -0.3 is 5.32 Å². The summed E-state index contributed by atoms with van der Waals surface area (Å²) in [6, 6.07) is 15.6. The second kappa shape index (κ2) is 6.65. The molecule has 1 heterocycles. The minimum absolute atomic E-state index is 0.00999. The summed E-state index contributed by atoms with van der Waals surface area (Å²) < 4.78 is 1.48. The van der Waals surface area contributed by atoms with Gasteiger partial charge >= 0.3 is 0 Å². The zero-order chi connectivity index (χ0) is 19.0. The molecule has 0 saturated carbocycles. The van der Waals surface area contributed by atoms with Crippen molar-refractivity contribution in [3.8, 4) is 0 Å². The molecule has 0 saturated heterocycles. The lowest BCUT2D eigenvalue weighted by molar-refractivity contribution is -0.122. The molecule has 1 aliphatic carbocycles. The summed E-state index contributed by atoms with van der Waals surface area (Å²) in [7, 11) is 0. The van der Waals surface area contributed by atoms with Crippen LogP contribution in [0.2, 0.25) is 0 Å². The molecule has 1 N–H and O–H groups in total. The molecule has 5 nitrogen and oxygen atoms in total. The second-order valence-electron chi connectivity index (χ2n) is 7.80. The van der Waals surface area contributed by atoms with Crippen LogP contribution in [-0.4, -0.2) is 15.5 Å². The maximum atomic E-state index is 12.8. The van der Waals surface area contributed by atoms with Crippen LogP contribution in [0.1, 0.15) is 43.9 Å². The minimum atomic E-state index is -0.269. The second-order valence-corrected chi connectivity index (χ2v) is 7.80. The van der Waals surface area contributed by atoms with Gasteiger partial charge in [-0.05, 0) is 41.5 Å². The largest absolute Gasteiger partial charge is 0.348 e. The van der Waals surface area contributed by atoms with Crippen LogP contribution in [0.3, 0.4) is 0 Å². The molecule has 4 rings (SSSR count). The number of carbonyl (C=O) groups excluding carboxylic acids is 1. The Labute approximate surface area is 158 Å². The van der Waals surface area contributed by atoms with E-state index in [0.29, 0.717) is 11.0 Å². The third kappa shape index (κ3) is 3.25. The van der Waals surface area contributed by atoms with Crippen molar-refractivity contribution in [3.63, 3.8) is 0 Å². The summed E-state index contributed by atoms with van der Waals surface area (Å²) in [5.74, 6) is -0.159. The summed E-state index contributed by atoms with van der Waals surface area (Å²) in [5.41, 5.74) is 3.67. The van der Waals surface area contributed by atoms with Crippen molar-refractivity contribution in [1.29, 1.82) is 0 Å². The molecule has 3 aromatic rings.